The number of aliphatic hydroxyl groups is 1. The summed E-state index contributed by atoms with van der Waals surface area (Å²) in [5, 5.41) is 21.6. The number of hydrogen-bond acceptors (Lipinski definition) is 10. The Balaban J connectivity index is 1.49. The summed E-state index contributed by atoms with van der Waals surface area (Å²) in [6, 6.07) is -1.65. The number of nitrogens with zero attached hydrogens (tertiary/aromatic N) is 4. The van der Waals surface area contributed by atoms with Crippen LogP contribution in [0, 0.1) is 11.8 Å². The van der Waals surface area contributed by atoms with Crippen molar-refractivity contribution in [3.05, 3.63) is 40.5 Å². The van der Waals surface area contributed by atoms with Gasteiger partial charge in [0.15, 0.2) is 0 Å². The smallest absolute Gasteiger partial charge is 0.373 e. The average molecular weight is 1000 g/mol. The largest absolute Gasteiger partial charge is 0.426 e. The molecule has 5 N–H and O–H groups in total. The lowest BCUT2D eigenvalue weighted by atomic mass is 9.95. The fourth-order valence-corrected chi connectivity index (χ4v) is 9.49. The van der Waals surface area contributed by atoms with Gasteiger partial charge in [-0.3, -0.25) is 38.5 Å². The lowest BCUT2D eigenvalue weighted by Crippen LogP contribution is -2.63. The first-order valence-corrected chi connectivity index (χ1v) is 24.2. The average Bonchev–Trinajstić information content (AvgIpc) is 3.80. The minimum Gasteiger partial charge on any atom is -0.373 e. The second-order valence-electron chi connectivity index (χ2n) is 19.1. The van der Waals surface area contributed by atoms with Crippen molar-refractivity contribution in [1.29, 1.82) is 0 Å². The number of carbonyl (C=O) groups excluding carboxylic acids is 7. The Kier molecular flexibility index (Phi) is 17.7. The Labute approximate surface area is 402 Å². The van der Waals surface area contributed by atoms with E-state index < -0.39 is 114 Å². The minimum absolute atomic E-state index is 0.0113. The Morgan fingerprint density at radius 2 is 1.78 bits per heavy atom. The summed E-state index contributed by atoms with van der Waals surface area (Å²) in [6.07, 6.45) is -4.41. The maximum atomic E-state index is 14.8. The van der Waals surface area contributed by atoms with Crippen molar-refractivity contribution in [3.63, 3.8) is 0 Å². The highest BCUT2D eigenvalue weighted by Gasteiger charge is 2.59. The van der Waals surface area contributed by atoms with Crippen LogP contribution < -0.4 is 21.3 Å². The van der Waals surface area contributed by atoms with Crippen LogP contribution in [0.1, 0.15) is 98.5 Å². The molecule has 3 fully saturated rings. The number of carbonyl (C=O) groups is 7. The van der Waals surface area contributed by atoms with E-state index in [1.54, 1.807) is 36.8 Å². The lowest BCUT2D eigenvalue weighted by molar-refractivity contribution is -0.250. The van der Waals surface area contributed by atoms with Crippen molar-refractivity contribution in [2.75, 3.05) is 26.7 Å². The molecule has 5 rings (SSSR count). The lowest BCUT2D eigenvalue weighted by Gasteiger charge is -2.37. The Hall–Kier alpha value is -4.89. The summed E-state index contributed by atoms with van der Waals surface area (Å²) in [5.41, 5.74) is -2.38. The van der Waals surface area contributed by atoms with Crippen LogP contribution in [0.15, 0.2) is 29.9 Å². The van der Waals surface area contributed by atoms with Crippen LogP contribution in [0.5, 0.6) is 0 Å². The van der Waals surface area contributed by atoms with Crippen LogP contribution in [0.4, 0.5) is 17.6 Å². The number of likely N-dealkylation sites (tertiary alicyclic amines) is 1. The summed E-state index contributed by atoms with van der Waals surface area (Å²) in [5.74, 6) is -6.86. The van der Waals surface area contributed by atoms with Crippen molar-refractivity contribution in [3.8, 4) is 10.4 Å². The first-order chi connectivity index (χ1) is 31.8. The zero-order valence-electron chi connectivity index (χ0n) is 39.4. The second-order valence-corrected chi connectivity index (χ2v) is 20.5. The van der Waals surface area contributed by atoms with Gasteiger partial charge in [-0.25, -0.2) is 4.39 Å². The molecule has 0 spiro atoms. The number of alkyl halides is 4. The molecular weight excluding hydrogens is 936 g/mol. The normalized spacial score (nSPS) is 24.7. The van der Waals surface area contributed by atoms with Crippen molar-refractivity contribution < 1.29 is 56.2 Å². The summed E-state index contributed by atoms with van der Waals surface area (Å²) in [4.78, 5) is 107. The molecule has 2 saturated heterocycles. The molecule has 1 aliphatic carbocycles. The van der Waals surface area contributed by atoms with E-state index in [0.717, 1.165) is 10.4 Å². The van der Waals surface area contributed by atoms with E-state index in [0.29, 0.717) is 41.2 Å². The molecular formula is C46H63ClF4N8O8S. The number of amides is 7. The van der Waals surface area contributed by atoms with Crippen molar-refractivity contribution >= 4 is 64.3 Å². The van der Waals surface area contributed by atoms with Crippen molar-refractivity contribution in [2.45, 2.75) is 153 Å². The van der Waals surface area contributed by atoms with E-state index >= 15 is 0 Å². The van der Waals surface area contributed by atoms with Crippen LogP contribution in [-0.2, 0) is 40.0 Å². The molecule has 3 heterocycles. The zero-order valence-corrected chi connectivity index (χ0v) is 41.0. The third kappa shape index (κ3) is 12.8. The van der Waals surface area contributed by atoms with E-state index in [1.165, 1.54) is 42.0 Å². The van der Waals surface area contributed by atoms with Gasteiger partial charge in [-0.15, -0.1) is 11.3 Å². The number of rotatable bonds is 13. The maximum Gasteiger partial charge on any atom is 0.426 e. The second kappa shape index (κ2) is 22.2. The molecule has 7 atom stereocenters. The first kappa shape index (κ1) is 54.1. The predicted molar refractivity (Wildman–Crippen MR) is 245 cm³/mol. The minimum atomic E-state index is -5.44. The van der Waals surface area contributed by atoms with Gasteiger partial charge < -0.3 is 41.1 Å². The summed E-state index contributed by atoms with van der Waals surface area (Å²) in [6.45, 7) is 7.97. The van der Waals surface area contributed by atoms with Gasteiger partial charge in [-0.2, -0.15) is 13.2 Å². The van der Waals surface area contributed by atoms with E-state index in [4.69, 9.17) is 11.6 Å². The molecule has 2 aromatic rings. The van der Waals surface area contributed by atoms with Gasteiger partial charge in [0, 0.05) is 44.2 Å². The van der Waals surface area contributed by atoms with Gasteiger partial charge in [-0.05, 0) is 101 Å². The Bertz CT molecular complexity index is 2180. The van der Waals surface area contributed by atoms with E-state index in [9.17, 15) is 56.2 Å². The summed E-state index contributed by atoms with van der Waals surface area (Å²) in [7, 11) is 1.43. The van der Waals surface area contributed by atoms with Crippen LogP contribution >= 0.6 is 22.9 Å². The van der Waals surface area contributed by atoms with Gasteiger partial charge in [-0.1, -0.05) is 38.4 Å². The van der Waals surface area contributed by atoms with Gasteiger partial charge in [0.25, 0.3) is 5.91 Å². The number of thiazole rings is 1. The third-order valence-corrected chi connectivity index (χ3v) is 13.7. The molecule has 376 valence electrons. The first-order valence-electron chi connectivity index (χ1n) is 23.0. The highest BCUT2D eigenvalue weighted by Crippen LogP contribution is 2.37. The fraction of sp³-hybridized carbons (Fsp3) is 0.652. The van der Waals surface area contributed by atoms with Gasteiger partial charge in [0.1, 0.15) is 41.9 Å². The maximum absolute atomic E-state index is 14.8. The quantitative estimate of drug-likeness (QED) is 0.181. The van der Waals surface area contributed by atoms with Gasteiger partial charge >= 0.3 is 6.18 Å². The molecule has 1 aromatic heterocycles. The zero-order chi connectivity index (χ0) is 50.5. The number of aromatic nitrogens is 1. The monoisotopic (exact) mass is 998 g/mol. The third-order valence-electron chi connectivity index (χ3n) is 12.7. The van der Waals surface area contributed by atoms with Gasteiger partial charge in [0.2, 0.25) is 41.0 Å². The molecule has 22 heteroatoms. The highest BCUT2D eigenvalue weighted by molar-refractivity contribution is 7.13. The number of nitrogens with one attached hydrogen (secondary N) is 4. The standard InChI is InChI=1S/C46H63ClF4N8O8S/c1-8-17-58(41(64)36(26-12-13-26)55-38(61)34-21-29(48)23-59(34)43(66)45(6,67)46(49,50)51)32-11-9-10-16-53-42(65)44(4,5)56-39(62)33(57(7)40(63)31(18-25(2)3)54-37(32)60)20-27-19-28(47)14-15-30(27)35-22-52-24-68-35/h14-15,19,22,24-26,29,31-34,36,67H,8-13,16-18,20-21,23H2,1-7H3,(H,53,65)(H,54,60)(H,55,61)(H,56,62)/t29-,31+,32+,33+,34+,36+,45-/m1/s1. The molecule has 7 amide bonds. The van der Waals surface area contributed by atoms with E-state index in [1.807, 2.05) is 13.8 Å². The molecule has 1 aromatic carbocycles. The fourth-order valence-electron chi connectivity index (χ4n) is 8.61. The molecule has 3 aliphatic rings. The van der Waals surface area contributed by atoms with Crippen molar-refractivity contribution in [1.82, 2.24) is 41.0 Å². The topological polar surface area (TPSA) is 210 Å². The van der Waals surface area contributed by atoms with Crippen molar-refractivity contribution in [2.24, 2.45) is 11.8 Å². The number of halogens is 5. The molecule has 0 radical (unpaired) electrons. The SMILES string of the molecule is CCCN(C(=O)[C@@H](NC(=O)[C@@H]1C[C@@H](F)CN1C(=O)[C@@](C)(O)C(F)(F)F)C1CC1)[C@H]1CCCCNC(=O)C(C)(C)NC(=O)[C@H](Cc2cc(Cl)ccc2-c2cncs2)N(C)C(=O)[C@H](CC(C)C)NC1=O. The molecule has 0 unspecified atom stereocenters. The molecule has 1 saturated carbocycles. The molecule has 2 aliphatic heterocycles. The van der Waals surface area contributed by atoms with Gasteiger partial charge in [0.05, 0.1) is 16.9 Å². The van der Waals surface area contributed by atoms with Crippen LogP contribution in [0.2, 0.25) is 5.02 Å². The van der Waals surface area contributed by atoms with Crippen LogP contribution in [0.3, 0.4) is 0 Å². The molecule has 0 bridgehead atoms. The molecule has 16 nitrogen and oxygen atoms in total. The Morgan fingerprint density at radius 3 is 2.38 bits per heavy atom. The number of hydrogen-bond donors (Lipinski definition) is 5. The van der Waals surface area contributed by atoms with Crippen LogP contribution in [-0.4, -0.2) is 147 Å². The summed E-state index contributed by atoms with van der Waals surface area (Å²) < 4.78 is 55.9. The number of benzene rings is 1. The van der Waals surface area contributed by atoms with Crippen LogP contribution in [0.25, 0.3) is 10.4 Å². The van der Waals surface area contributed by atoms with E-state index in [2.05, 4.69) is 26.3 Å². The predicted octanol–water partition coefficient (Wildman–Crippen LogP) is 4.31. The Morgan fingerprint density at radius 1 is 1.09 bits per heavy atom. The molecule has 68 heavy (non-hydrogen) atoms. The van der Waals surface area contributed by atoms with E-state index in [-0.39, 0.29) is 51.6 Å². The number of likely N-dealkylation sites (N-methyl/N-ethyl adjacent to an activating group) is 1. The summed E-state index contributed by atoms with van der Waals surface area (Å²) >= 11 is 7.85. The highest BCUT2D eigenvalue weighted by atomic mass is 35.5.